The third-order valence-corrected chi connectivity index (χ3v) is 2.56. The van der Waals surface area contributed by atoms with Crippen molar-refractivity contribution in [3.8, 4) is 0 Å². The standard InChI is InChI=1S/C12H24BF2O3/c14-9-5-1-3-7-11-17-13(16)18-12-8-4-2-6-10-15/h1-12H2. The molecule has 0 heterocycles. The zero-order valence-electron chi connectivity index (χ0n) is 11.0. The van der Waals surface area contributed by atoms with Gasteiger partial charge in [-0.15, -0.1) is 0 Å². The normalized spacial score (nSPS) is 10.8. The Kier molecular flexibility index (Phi) is 14.7. The lowest BCUT2D eigenvalue weighted by Gasteiger charge is -2.07. The number of alkyl halides is 2. The second kappa shape index (κ2) is 14.9. The van der Waals surface area contributed by atoms with Crippen molar-refractivity contribution < 1.29 is 23.1 Å². The highest BCUT2D eigenvalue weighted by Gasteiger charge is 2.16. The zero-order valence-corrected chi connectivity index (χ0v) is 11.0. The van der Waals surface area contributed by atoms with Gasteiger partial charge < -0.3 is 9.31 Å². The molecule has 0 aromatic carbocycles. The van der Waals surface area contributed by atoms with Gasteiger partial charge in [0.05, 0.1) is 13.3 Å². The van der Waals surface area contributed by atoms with E-state index in [0.29, 0.717) is 26.1 Å². The predicted molar refractivity (Wildman–Crippen MR) is 67.2 cm³/mol. The maximum atomic E-state index is 11.8. The second-order valence-electron chi connectivity index (χ2n) is 4.24. The van der Waals surface area contributed by atoms with E-state index in [4.69, 9.17) is 9.31 Å². The van der Waals surface area contributed by atoms with E-state index in [1.165, 1.54) is 0 Å². The highest BCUT2D eigenvalue weighted by Crippen LogP contribution is 2.03. The SMILES string of the molecule is [O]B(OCCCCCCF)OCCCCCCF. The fourth-order valence-electron chi connectivity index (χ4n) is 1.51. The summed E-state index contributed by atoms with van der Waals surface area (Å²) in [6.07, 6.45) is 6.10. The molecule has 0 atom stereocenters. The number of hydrogen-bond acceptors (Lipinski definition) is 2. The minimum absolute atomic E-state index is 0.281. The molecule has 0 amide bonds. The fraction of sp³-hybridized carbons (Fsp3) is 1.00. The summed E-state index contributed by atoms with van der Waals surface area (Å²) in [4.78, 5) is 0. The van der Waals surface area contributed by atoms with E-state index < -0.39 is 7.32 Å². The quantitative estimate of drug-likeness (QED) is 0.356. The molecule has 0 aliphatic carbocycles. The molecule has 107 valence electrons. The van der Waals surface area contributed by atoms with E-state index in [9.17, 15) is 13.8 Å². The van der Waals surface area contributed by atoms with Crippen LogP contribution in [0.25, 0.3) is 0 Å². The highest BCUT2D eigenvalue weighted by atomic mass is 19.1. The molecular weight excluding hydrogens is 241 g/mol. The average molecular weight is 265 g/mol. The molecule has 0 saturated heterocycles. The van der Waals surface area contributed by atoms with Crippen LogP contribution in [-0.4, -0.2) is 33.9 Å². The summed E-state index contributed by atoms with van der Waals surface area (Å²) in [5, 5.41) is 11.1. The van der Waals surface area contributed by atoms with Gasteiger partial charge in [-0.05, 0) is 25.7 Å². The van der Waals surface area contributed by atoms with Crippen molar-refractivity contribution >= 4 is 7.32 Å². The van der Waals surface area contributed by atoms with Gasteiger partial charge in [0.15, 0.2) is 0 Å². The molecule has 6 heteroatoms. The Bertz CT molecular complexity index is 148. The zero-order chi connectivity index (χ0) is 13.5. The molecule has 0 saturated carbocycles. The van der Waals surface area contributed by atoms with E-state index in [-0.39, 0.29) is 13.3 Å². The molecule has 1 radical (unpaired) electrons. The van der Waals surface area contributed by atoms with Crippen LogP contribution in [0.3, 0.4) is 0 Å². The summed E-state index contributed by atoms with van der Waals surface area (Å²) < 4.78 is 33.4. The maximum absolute atomic E-state index is 11.8. The lowest BCUT2D eigenvalue weighted by atomic mass is 10.2. The van der Waals surface area contributed by atoms with Crippen molar-refractivity contribution in [3.05, 3.63) is 0 Å². The molecule has 0 rings (SSSR count). The Morgan fingerprint density at radius 3 is 1.44 bits per heavy atom. The van der Waals surface area contributed by atoms with E-state index in [0.717, 1.165) is 38.5 Å². The van der Waals surface area contributed by atoms with Crippen LogP contribution in [-0.2, 0) is 14.3 Å². The van der Waals surface area contributed by atoms with Gasteiger partial charge in [0.25, 0.3) is 0 Å². The van der Waals surface area contributed by atoms with Crippen LogP contribution >= 0.6 is 0 Å². The van der Waals surface area contributed by atoms with E-state index in [2.05, 4.69) is 0 Å². The van der Waals surface area contributed by atoms with Crippen molar-refractivity contribution in [1.82, 2.24) is 0 Å². The molecule has 3 nitrogen and oxygen atoms in total. The molecule has 0 aliphatic rings. The molecule has 0 spiro atoms. The van der Waals surface area contributed by atoms with Crippen LogP contribution in [0.5, 0.6) is 0 Å². The van der Waals surface area contributed by atoms with Crippen molar-refractivity contribution in [2.45, 2.75) is 51.4 Å². The molecule has 0 aromatic heterocycles. The molecule has 0 aliphatic heterocycles. The van der Waals surface area contributed by atoms with Gasteiger partial charge in [0.2, 0.25) is 0 Å². The van der Waals surface area contributed by atoms with Crippen LogP contribution in [0.4, 0.5) is 8.78 Å². The van der Waals surface area contributed by atoms with Crippen molar-refractivity contribution in [2.24, 2.45) is 0 Å². The first-order valence-electron chi connectivity index (χ1n) is 6.82. The van der Waals surface area contributed by atoms with Gasteiger partial charge in [-0.25, -0.2) is 5.02 Å². The topological polar surface area (TPSA) is 38.4 Å². The Balaban J connectivity index is 3.10. The summed E-state index contributed by atoms with van der Waals surface area (Å²) in [5.74, 6) is 0. The smallest absolute Gasteiger partial charge is 0.384 e. The lowest BCUT2D eigenvalue weighted by Crippen LogP contribution is -2.22. The third-order valence-electron chi connectivity index (χ3n) is 2.56. The van der Waals surface area contributed by atoms with E-state index in [1.807, 2.05) is 0 Å². The predicted octanol–water partition coefficient (Wildman–Crippen LogP) is 3.49. The molecular formula is C12H24BF2O3. The molecule has 0 N–H and O–H groups in total. The molecule has 0 bridgehead atoms. The first kappa shape index (κ1) is 17.8. The van der Waals surface area contributed by atoms with Crippen LogP contribution in [0.1, 0.15) is 51.4 Å². The van der Waals surface area contributed by atoms with Crippen LogP contribution in [0, 0.1) is 0 Å². The summed E-state index contributed by atoms with van der Waals surface area (Å²) in [6, 6.07) is 0. The van der Waals surface area contributed by atoms with E-state index in [1.54, 1.807) is 0 Å². The van der Waals surface area contributed by atoms with Crippen molar-refractivity contribution in [2.75, 3.05) is 26.6 Å². The number of rotatable bonds is 14. The molecule has 0 fully saturated rings. The Morgan fingerprint density at radius 2 is 1.06 bits per heavy atom. The Hall–Kier alpha value is -0.195. The number of halogens is 2. The first-order chi connectivity index (χ1) is 8.81. The van der Waals surface area contributed by atoms with Crippen LogP contribution in [0.15, 0.2) is 0 Å². The monoisotopic (exact) mass is 265 g/mol. The molecule has 0 aromatic rings. The Morgan fingerprint density at radius 1 is 0.667 bits per heavy atom. The van der Waals surface area contributed by atoms with Gasteiger partial charge >= 0.3 is 7.32 Å². The van der Waals surface area contributed by atoms with Gasteiger partial charge in [-0.2, -0.15) is 0 Å². The van der Waals surface area contributed by atoms with Crippen molar-refractivity contribution in [1.29, 1.82) is 0 Å². The lowest BCUT2D eigenvalue weighted by molar-refractivity contribution is 0.105. The highest BCUT2D eigenvalue weighted by molar-refractivity contribution is 6.34. The maximum Gasteiger partial charge on any atom is 0.666 e. The van der Waals surface area contributed by atoms with Crippen LogP contribution in [0.2, 0.25) is 0 Å². The first-order valence-corrected chi connectivity index (χ1v) is 6.82. The summed E-state index contributed by atoms with van der Waals surface area (Å²) in [5.41, 5.74) is 0. The summed E-state index contributed by atoms with van der Waals surface area (Å²) in [7, 11) is -1.42. The van der Waals surface area contributed by atoms with Gasteiger partial charge in [0, 0.05) is 13.2 Å². The average Bonchev–Trinajstić information content (AvgIpc) is 2.38. The minimum atomic E-state index is -1.42. The van der Waals surface area contributed by atoms with Gasteiger partial charge in [0.1, 0.15) is 0 Å². The second-order valence-corrected chi connectivity index (χ2v) is 4.24. The molecule has 0 unspecified atom stereocenters. The fourth-order valence-corrected chi connectivity index (χ4v) is 1.51. The summed E-state index contributed by atoms with van der Waals surface area (Å²) in [6.45, 7) is 0.164. The summed E-state index contributed by atoms with van der Waals surface area (Å²) >= 11 is 0. The minimum Gasteiger partial charge on any atom is -0.384 e. The number of hydrogen-bond donors (Lipinski definition) is 0. The van der Waals surface area contributed by atoms with Gasteiger partial charge in [-0.3, -0.25) is 8.78 Å². The van der Waals surface area contributed by atoms with Gasteiger partial charge in [-0.1, -0.05) is 25.7 Å². The third kappa shape index (κ3) is 13.9. The number of unbranched alkanes of at least 4 members (excludes halogenated alkanes) is 6. The largest absolute Gasteiger partial charge is 0.666 e. The molecule has 18 heavy (non-hydrogen) atoms. The van der Waals surface area contributed by atoms with Crippen LogP contribution < -0.4 is 0 Å². The van der Waals surface area contributed by atoms with Crippen molar-refractivity contribution in [3.63, 3.8) is 0 Å². The Labute approximate surface area is 109 Å². The van der Waals surface area contributed by atoms with E-state index >= 15 is 0 Å².